The maximum Gasteiger partial charge on any atom is 0.0547 e. The summed E-state index contributed by atoms with van der Waals surface area (Å²) in [6, 6.07) is 63.9. The molecule has 0 aliphatic rings. The van der Waals surface area contributed by atoms with Gasteiger partial charge in [0.25, 0.3) is 0 Å². The standard InChI is InChI=1S/C44H29N/c1-3-13-30(14-4-1)31-23-25-32(26-24-31)43-37-18-7-9-20-39(37)44(40-21-10-8-19-38(40)43)33-27-28-36-35-17-11-12-22-41(35)45(42(36)29-33)34-15-5-2-6-16-34/h1-29H. The number of fused-ring (bicyclic) bond motifs is 5. The van der Waals surface area contributed by atoms with E-state index < -0.39 is 0 Å². The SMILES string of the molecule is c1ccc(-c2ccc(-c3c4ccccc4c(-c4ccc5c6ccccc6n(-c6ccccc6)c5c4)c4ccccc34)cc2)cc1. The molecule has 45 heavy (non-hydrogen) atoms. The molecule has 0 saturated heterocycles. The Morgan fingerprint density at radius 3 is 1.31 bits per heavy atom. The average molecular weight is 572 g/mol. The molecular weight excluding hydrogens is 542 g/mol. The van der Waals surface area contributed by atoms with Crippen molar-refractivity contribution in [3.63, 3.8) is 0 Å². The number of rotatable bonds is 4. The van der Waals surface area contributed by atoms with Crippen molar-refractivity contribution in [1.82, 2.24) is 4.57 Å². The fourth-order valence-electron chi connectivity index (χ4n) is 7.19. The van der Waals surface area contributed by atoms with Crippen molar-refractivity contribution in [3.05, 3.63) is 176 Å². The highest BCUT2D eigenvalue weighted by atomic mass is 15.0. The van der Waals surface area contributed by atoms with Gasteiger partial charge in [0.2, 0.25) is 0 Å². The molecule has 1 nitrogen and oxygen atoms in total. The molecule has 8 aromatic carbocycles. The zero-order valence-corrected chi connectivity index (χ0v) is 24.7. The highest BCUT2D eigenvalue weighted by Crippen LogP contribution is 2.45. The van der Waals surface area contributed by atoms with Crippen molar-refractivity contribution in [2.75, 3.05) is 0 Å². The molecule has 0 radical (unpaired) electrons. The van der Waals surface area contributed by atoms with Crippen molar-refractivity contribution in [2.45, 2.75) is 0 Å². The lowest BCUT2D eigenvalue weighted by Crippen LogP contribution is -1.94. The summed E-state index contributed by atoms with van der Waals surface area (Å²) in [4.78, 5) is 0. The van der Waals surface area contributed by atoms with Crippen molar-refractivity contribution in [3.8, 4) is 39.1 Å². The lowest BCUT2D eigenvalue weighted by atomic mass is 9.85. The Balaban J connectivity index is 1.31. The van der Waals surface area contributed by atoms with Gasteiger partial charge in [-0.1, -0.05) is 152 Å². The summed E-state index contributed by atoms with van der Waals surface area (Å²) in [5.74, 6) is 0. The van der Waals surface area contributed by atoms with Crippen molar-refractivity contribution in [1.29, 1.82) is 0 Å². The van der Waals surface area contributed by atoms with E-state index in [0.717, 1.165) is 0 Å². The lowest BCUT2D eigenvalue weighted by Gasteiger charge is -2.18. The third kappa shape index (κ3) is 4.09. The van der Waals surface area contributed by atoms with E-state index in [2.05, 4.69) is 180 Å². The van der Waals surface area contributed by atoms with Crippen LogP contribution in [0.25, 0.3) is 82.4 Å². The van der Waals surface area contributed by atoms with Gasteiger partial charge < -0.3 is 4.57 Å². The predicted octanol–water partition coefficient (Wildman–Crippen LogP) is 12.1. The predicted molar refractivity (Wildman–Crippen MR) is 192 cm³/mol. The fourth-order valence-corrected chi connectivity index (χ4v) is 7.19. The number of para-hydroxylation sites is 2. The quantitative estimate of drug-likeness (QED) is 0.185. The Morgan fingerprint density at radius 1 is 0.267 bits per heavy atom. The number of nitrogens with zero attached hydrogens (tertiary/aromatic N) is 1. The van der Waals surface area contributed by atoms with E-state index in [1.165, 1.54) is 82.4 Å². The van der Waals surface area contributed by atoms with E-state index in [-0.39, 0.29) is 0 Å². The Kier molecular flexibility index (Phi) is 5.89. The summed E-state index contributed by atoms with van der Waals surface area (Å²) < 4.78 is 2.40. The van der Waals surface area contributed by atoms with Crippen LogP contribution in [0.4, 0.5) is 0 Å². The van der Waals surface area contributed by atoms with Gasteiger partial charge in [-0.05, 0) is 79.2 Å². The van der Waals surface area contributed by atoms with Crippen LogP contribution in [0.2, 0.25) is 0 Å². The number of aromatic nitrogens is 1. The molecule has 0 spiro atoms. The summed E-state index contributed by atoms with van der Waals surface area (Å²) in [7, 11) is 0. The summed E-state index contributed by atoms with van der Waals surface area (Å²) >= 11 is 0. The molecule has 0 N–H and O–H groups in total. The first-order chi connectivity index (χ1) is 22.3. The lowest BCUT2D eigenvalue weighted by molar-refractivity contribution is 1.18. The zero-order chi connectivity index (χ0) is 29.7. The summed E-state index contributed by atoms with van der Waals surface area (Å²) in [5, 5.41) is 7.60. The number of benzene rings is 8. The van der Waals surface area contributed by atoms with Gasteiger partial charge in [-0.15, -0.1) is 0 Å². The average Bonchev–Trinajstić information content (AvgIpc) is 3.45. The Hall–Kier alpha value is -5.92. The number of hydrogen-bond acceptors (Lipinski definition) is 0. The summed E-state index contributed by atoms with van der Waals surface area (Å²) in [6.45, 7) is 0. The van der Waals surface area contributed by atoms with E-state index >= 15 is 0 Å². The first-order valence-electron chi connectivity index (χ1n) is 15.5. The van der Waals surface area contributed by atoms with E-state index in [9.17, 15) is 0 Å². The minimum absolute atomic E-state index is 1.17. The third-order valence-electron chi connectivity index (χ3n) is 9.19. The normalized spacial score (nSPS) is 11.6. The molecule has 210 valence electrons. The van der Waals surface area contributed by atoms with Crippen molar-refractivity contribution < 1.29 is 0 Å². The Morgan fingerprint density at radius 2 is 0.689 bits per heavy atom. The minimum atomic E-state index is 1.17. The molecule has 0 aliphatic heterocycles. The molecule has 1 heteroatoms. The van der Waals surface area contributed by atoms with Gasteiger partial charge in [-0.3, -0.25) is 0 Å². The Labute approximate surface area is 262 Å². The van der Waals surface area contributed by atoms with Crippen LogP contribution in [0, 0.1) is 0 Å². The van der Waals surface area contributed by atoms with Gasteiger partial charge in [0.1, 0.15) is 0 Å². The smallest absolute Gasteiger partial charge is 0.0547 e. The molecular formula is C44H29N. The van der Waals surface area contributed by atoms with Crippen LogP contribution in [0.5, 0.6) is 0 Å². The van der Waals surface area contributed by atoms with E-state index in [1.54, 1.807) is 0 Å². The Bertz CT molecular complexity index is 2450. The third-order valence-corrected chi connectivity index (χ3v) is 9.19. The van der Waals surface area contributed by atoms with Crippen LogP contribution in [0.3, 0.4) is 0 Å². The van der Waals surface area contributed by atoms with Crippen LogP contribution in [0.1, 0.15) is 0 Å². The van der Waals surface area contributed by atoms with Gasteiger partial charge in [0, 0.05) is 16.5 Å². The molecule has 0 saturated carbocycles. The van der Waals surface area contributed by atoms with Crippen LogP contribution in [-0.4, -0.2) is 4.57 Å². The molecule has 0 bridgehead atoms. The first kappa shape index (κ1) is 25.6. The van der Waals surface area contributed by atoms with Crippen LogP contribution in [0.15, 0.2) is 176 Å². The highest BCUT2D eigenvalue weighted by molar-refractivity contribution is 6.22. The van der Waals surface area contributed by atoms with E-state index in [0.29, 0.717) is 0 Å². The van der Waals surface area contributed by atoms with Crippen LogP contribution >= 0.6 is 0 Å². The minimum Gasteiger partial charge on any atom is -0.309 e. The molecule has 0 aliphatic carbocycles. The van der Waals surface area contributed by atoms with Gasteiger partial charge in [-0.2, -0.15) is 0 Å². The van der Waals surface area contributed by atoms with Gasteiger partial charge in [0.05, 0.1) is 11.0 Å². The number of hydrogen-bond donors (Lipinski definition) is 0. The molecule has 1 heterocycles. The second-order valence-electron chi connectivity index (χ2n) is 11.7. The molecule has 1 aromatic heterocycles. The molecule has 9 rings (SSSR count). The first-order valence-corrected chi connectivity index (χ1v) is 15.5. The summed E-state index contributed by atoms with van der Waals surface area (Å²) in [5.41, 5.74) is 11.1. The maximum atomic E-state index is 2.40. The van der Waals surface area contributed by atoms with Gasteiger partial charge >= 0.3 is 0 Å². The maximum absolute atomic E-state index is 2.40. The summed E-state index contributed by atoms with van der Waals surface area (Å²) in [6.07, 6.45) is 0. The van der Waals surface area contributed by atoms with Gasteiger partial charge in [0.15, 0.2) is 0 Å². The molecule has 0 fully saturated rings. The molecule has 0 unspecified atom stereocenters. The second kappa shape index (κ2) is 10.4. The van der Waals surface area contributed by atoms with Gasteiger partial charge in [-0.25, -0.2) is 0 Å². The largest absolute Gasteiger partial charge is 0.309 e. The highest BCUT2D eigenvalue weighted by Gasteiger charge is 2.18. The molecule has 9 aromatic rings. The molecule has 0 atom stereocenters. The second-order valence-corrected chi connectivity index (χ2v) is 11.7. The van der Waals surface area contributed by atoms with Crippen LogP contribution in [-0.2, 0) is 0 Å². The van der Waals surface area contributed by atoms with Crippen molar-refractivity contribution in [2.24, 2.45) is 0 Å². The monoisotopic (exact) mass is 571 g/mol. The zero-order valence-electron chi connectivity index (χ0n) is 24.7. The van der Waals surface area contributed by atoms with E-state index in [1.807, 2.05) is 0 Å². The van der Waals surface area contributed by atoms with Crippen LogP contribution < -0.4 is 0 Å². The van der Waals surface area contributed by atoms with Crippen molar-refractivity contribution >= 4 is 43.4 Å². The molecule has 0 amide bonds. The fraction of sp³-hybridized carbons (Fsp3) is 0. The topological polar surface area (TPSA) is 4.93 Å². The van der Waals surface area contributed by atoms with E-state index in [4.69, 9.17) is 0 Å².